The number of rotatable bonds is 2. The van der Waals surface area contributed by atoms with Crippen LogP contribution in [0.5, 0.6) is 5.75 Å². The molecule has 2 nitrogen and oxygen atoms in total. The number of benzene rings is 1. The molecular weight excluding hydrogens is 257 g/mol. The summed E-state index contributed by atoms with van der Waals surface area (Å²) >= 11 is 0. The van der Waals surface area contributed by atoms with E-state index < -0.39 is 12.5 Å². The third kappa shape index (κ3) is 4.28. The van der Waals surface area contributed by atoms with E-state index in [1.54, 1.807) is 12.1 Å². The molecule has 0 fully saturated rings. The van der Waals surface area contributed by atoms with Crippen LogP contribution >= 0.6 is 0 Å². The Balaban J connectivity index is 2.22. The van der Waals surface area contributed by atoms with Crippen LogP contribution in [-0.2, 0) is 0 Å². The van der Waals surface area contributed by atoms with E-state index >= 15 is 0 Å². The lowest BCUT2D eigenvalue weighted by Gasteiger charge is -2.11. The van der Waals surface area contributed by atoms with E-state index in [4.69, 9.17) is 0 Å². The fraction of sp³-hybridized carbons (Fsp3) is 0.429. The Hall–Kier alpha value is -1.49. The summed E-state index contributed by atoms with van der Waals surface area (Å²) in [6, 6.07) is 5.88. The van der Waals surface area contributed by atoms with E-state index in [-0.39, 0.29) is 5.75 Å². The quantitative estimate of drug-likeness (QED) is 0.884. The topological polar surface area (TPSA) is 29.5 Å². The molecule has 0 amide bonds. The number of alkyl halides is 3. The Labute approximate surface area is 109 Å². The van der Waals surface area contributed by atoms with Gasteiger partial charge in [-0.2, -0.15) is 0 Å². The lowest BCUT2D eigenvalue weighted by molar-refractivity contribution is -0.274. The molecule has 0 bridgehead atoms. The molecule has 1 aromatic carbocycles. The van der Waals surface area contributed by atoms with Crippen LogP contribution in [0.25, 0.3) is 5.57 Å². The third-order valence-electron chi connectivity index (χ3n) is 3.03. The van der Waals surface area contributed by atoms with Gasteiger partial charge in [0.1, 0.15) is 5.75 Å². The van der Waals surface area contributed by atoms with Crippen molar-refractivity contribution in [2.75, 3.05) is 0 Å². The number of hydrogen-bond donors (Lipinski definition) is 1. The first-order valence-electron chi connectivity index (χ1n) is 6.19. The molecule has 5 heteroatoms. The van der Waals surface area contributed by atoms with Crippen LogP contribution in [-0.4, -0.2) is 17.6 Å². The summed E-state index contributed by atoms with van der Waals surface area (Å²) in [5.74, 6) is -0.232. The highest BCUT2D eigenvalue weighted by Gasteiger charge is 2.31. The minimum atomic E-state index is -4.68. The van der Waals surface area contributed by atoms with Gasteiger partial charge in [-0.05, 0) is 42.5 Å². The minimum Gasteiger partial charge on any atom is -0.406 e. The number of halogens is 3. The predicted octanol–water partition coefficient (Wildman–Crippen LogP) is 3.90. The fourth-order valence-electron chi connectivity index (χ4n) is 2.20. The van der Waals surface area contributed by atoms with E-state index in [1.165, 1.54) is 18.2 Å². The van der Waals surface area contributed by atoms with Gasteiger partial charge >= 0.3 is 6.36 Å². The predicted molar refractivity (Wildman–Crippen MR) is 65.6 cm³/mol. The second-order valence-electron chi connectivity index (χ2n) is 4.58. The number of allylic oxidation sites excluding steroid dienone is 1. The number of aliphatic hydroxyl groups is 1. The molecule has 19 heavy (non-hydrogen) atoms. The Kier molecular flexibility index (Phi) is 4.14. The summed E-state index contributed by atoms with van der Waals surface area (Å²) in [4.78, 5) is 0. The number of hydrogen-bond acceptors (Lipinski definition) is 2. The van der Waals surface area contributed by atoms with E-state index in [0.29, 0.717) is 12.0 Å². The first-order valence-corrected chi connectivity index (χ1v) is 6.19. The third-order valence-corrected chi connectivity index (χ3v) is 3.03. The maximum atomic E-state index is 12.2. The van der Waals surface area contributed by atoms with Crippen LogP contribution in [0.1, 0.15) is 31.2 Å². The summed E-state index contributed by atoms with van der Waals surface area (Å²) in [6.45, 7) is 0. The zero-order valence-corrected chi connectivity index (χ0v) is 10.3. The van der Waals surface area contributed by atoms with Crippen molar-refractivity contribution < 1.29 is 23.0 Å². The van der Waals surface area contributed by atoms with Crippen molar-refractivity contribution in [2.24, 2.45) is 0 Å². The summed E-state index contributed by atoms with van der Waals surface area (Å²) in [5, 5.41) is 9.69. The van der Waals surface area contributed by atoms with Gasteiger partial charge in [0, 0.05) is 0 Å². The zero-order chi connectivity index (χ0) is 13.9. The molecule has 2 rings (SSSR count). The summed E-state index contributed by atoms with van der Waals surface area (Å²) in [5.41, 5.74) is 1.54. The Morgan fingerprint density at radius 3 is 2.74 bits per heavy atom. The molecule has 1 aliphatic rings. The SMILES string of the molecule is OC1C=C(c2cccc(OC(F)(F)F)c2)CCCC1. The van der Waals surface area contributed by atoms with Crippen LogP contribution in [0.15, 0.2) is 30.3 Å². The van der Waals surface area contributed by atoms with E-state index in [0.717, 1.165) is 24.8 Å². The molecule has 0 aliphatic heterocycles. The van der Waals surface area contributed by atoms with Gasteiger partial charge in [0.2, 0.25) is 0 Å². The first kappa shape index (κ1) is 13.9. The molecular formula is C14H15F3O2. The van der Waals surface area contributed by atoms with Crippen LogP contribution < -0.4 is 4.74 Å². The van der Waals surface area contributed by atoms with Gasteiger partial charge in [-0.15, -0.1) is 13.2 Å². The lowest BCUT2D eigenvalue weighted by Crippen LogP contribution is -2.17. The molecule has 0 spiro atoms. The molecule has 1 unspecified atom stereocenters. The smallest absolute Gasteiger partial charge is 0.406 e. The van der Waals surface area contributed by atoms with Gasteiger partial charge in [-0.1, -0.05) is 24.6 Å². The molecule has 0 aromatic heterocycles. The standard InChI is InChI=1S/C14H15F3O2/c15-14(16,17)19-13-7-3-5-11(9-13)10-4-1-2-6-12(18)8-10/h3,5,7-9,12,18H,1-2,4,6H2. The van der Waals surface area contributed by atoms with Crippen LogP contribution in [0.4, 0.5) is 13.2 Å². The van der Waals surface area contributed by atoms with Gasteiger partial charge in [0.25, 0.3) is 0 Å². The molecule has 0 radical (unpaired) electrons. The van der Waals surface area contributed by atoms with Crippen LogP contribution in [0, 0.1) is 0 Å². The summed E-state index contributed by atoms with van der Waals surface area (Å²) in [7, 11) is 0. The second kappa shape index (κ2) is 5.65. The van der Waals surface area contributed by atoms with Gasteiger partial charge in [-0.3, -0.25) is 0 Å². The van der Waals surface area contributed by atoms with Crippen molar-refractivity contribution in [2.45, 2.75) is 38.1 Å². The maximum absolute atomic E-state index is 12.2. The normalized spacial score (nSPS) is 20.6. The molecule has 0 heterocycles. The Morgan fingerprint density at radius 2 is 2.00 bits per heavy atom. The molecule has 1 atom stereocenters. The maximum Gasteiger partial charge on any atom is 0.573 e. The van der Waals surface area contributed by atoms with Gasteiger partial charge in [0.05, 0.1) is 6.10 Å². The molecule has 104 valence electrons. The van der Waals surface area contributed by atoms with Crippen molar-refractivity contribution in [3.8, 4) is 5.75 Å². The van der Waals surface area contributed by atoms with Crippen molar-refractivity contribution in [1.82, 2.24) is 0 Å². The van der Waals surface area contributed by atoms with E-state index in [2.05, 4.69) is 4.74 Å². The van der Waals surface area contributed by atoms with Gasteiger partial charge in [0.15, 0.2) is 0 Å². The lowest BCUT2D eigenvalue weighted by atomic mass is 10.0. The monoisotopic (exact) mass is 272 g/mol. The minimum absolute atomic E-state index is 0.232. The average molecular weight is 272 g/mol. The highest BCUT2D eigenvalue weighted by Crippen LogP contribution is 2.30. The van der Waals surface area contributed by atoms with E-state index in [9.17, 15) is 18.3 Å². The summed E-state index contributed by atoms with van der Waals surface area (Å²) in [6.07, 6.45) is -0.192. The highest BCUT2D eigenvalue weighted by atomic mass is 19.4. The molecule has 0 saturated carbocycles. The van der Waals surface area contributed by atoms with Crippen molar-refractivity contribution >= 4 is 5.57 Å². The number of aliphatic hydroxyl groups excluding tert-OH is 1. The van der Waals surface area contributed by atoms with Crippen LogP contribution in [0.2, 0.25) is 0 Å². The van der Waals surface area contributed by atoms with Crippen molar-refractivity contribution in [3.05, 3.63) is 35.9 Å². The zero-order valence-electron chi connectivity index (χ0n) is 10.3. The van der Waals surface area contributed by atoms with Crippen molar-refractivity contribution in [3.63, 3.8) is 0 Å². The Bertz CT molecular complexity index is 466. The van der Waals surface area contributed by atoms with Gasteiger partial charge in [-0.25, -0.2) is 0 Å². The molecule has 1 aliphatic carbocycles. The first-order chi connectivity index (χ1) is 8.94. The van der Waals surface area contributed by atoms with Crippen molar-refractivity contribution in [1.29, 1.82) is 0 Å². The molecule has 1 aromatic rings. The highest BCUT2D eigenvalue weighted by molar-refractivity contribution is 5.67. The molecule has 0 saturated heterocycles. The van der Waals surface area contributed by atoms with E-state index in [1.807, 2.05) is 0 Å². The fourth-order valence-corrected chi connectivity index (χ4v) is 2.20. The number of ether oxygens (including phenoxy) is 1. The largest absolute Gasteiger partial charge is 0.573 e. The summed E-state index contributed by atoms with van der Waals surface area (Å²) < 4.78 is 40.4. The average Bonchev–Trinajstić information content (AvgIpc) is 2.52. The Morgan fingerprint density at radius 1 is 1.21 bits per heavy atom. The second-order valence-corrected chi connectivity index (χ2v) is 4.58. The van der Waals surface area contributed by atoms with Crippen LogP contribution in [0.3, 0.4) is 0 Å². The molecule has 1 N–H and O–H groups in total. The van der Waals surface area contributed by atoms with Gasteiger partial charge < -0.3 is 9.84 Å².